The topological polar surface area (TPSA) is 94.6 Å². The Morgan fingerprint density at radius 3 is 2.48 bits per heavy atom. The molecule has 3 aromatic rings. The fraction of sp³-hybridized carbons (Fsp3) is 0.238. The monoisotopic (exact) mass is 412 g/mol. The van der Waals surface area contributed by atoms with E-state index in [4.69, 9.17) is 9.47 Å². The van der Waals surface area contributed by atoms with E-state index in [1.807, 2.05) is 26.0 Å². The number of ketones is 1. The predicted octanol–water partition coefficient (Wildman–Crippen LogP) is 3.68. The van der Waals surface area contributed by atoms with Crippen LogP contribution < -0.4 is 10.1 Å². The van der Waals surface area contributed by atoms with E-state index in [-0.39, 0.29) is 12.4 Å². The summed E-state index contributed by atoms with van der Waals surface area (Å²) in [6.07, 6.45) is 0. The SMILES string of the molecule is CC(=O)c1ccc(OCC(=O)OCC(=O)Nc2nc3c(C)cc(C)cc3s2)cc1. The molecule has 0 aliphatic rings. The first-order valence-electron chi connectivity index (χ1n) is 8.89. The van der Waals surface area contributed by atoms with Crippen molar-refractivity contribution in [3.8, 4) is 5.75 Å². The molecule has 0 saturated heterocycles. The van der Waals surface area contributed by atoms with Crippen molar-refractivity contribution in [2.75, 3.05) is 18.5 Å². The number of hydrogen-bond donors (Lipinski definition) is 1. The number of nitrogens with one attached hydrogen (secondary N) is 1. The van der Waals surface area contributed by atoms with E-state index in [1.165, 1.54) is 18.3 Å². The molecule has 1 N–H and O–H groups in total. The molecule has 0 fully saturated rings. The van der Waals surface area contributed by atoms with Gasteiger partial charge >= 0.3 is 5.97 Å². The van der Waals surface area contributed by atoms with Gasteiger partial charge in [-0.05, 0) is 62.2 Å². The molecule has 0 aliphatic heterocycles. The molecule has 0 unspecified atom stereocenters. The lowest BCUT2D eigenvalue weighted by Gasteiger charge is -2.07. The van der Waals surface area contributed by atoms with Crippen molar-refractivity contribution < 1.29 is 23.9 Å². The molecule has 0 bridgehead atoms. The van der Waals surface area contributed by atoms with Crippen LogP contribution >= 0.6 is 11.3 Å². The molecule has 2 aromatic carbocycles. The molecule has 0 spiro atoms. The summed E-state index contributed by atoms with van der Waals surface area (Å²) < 4.78 is 11.2. The summed E-state index contributed by atoms with van der Waals surface area (Å²) in [6.45, 7) is 4.67. The number of amides is 1. The van der Waals surface area contributed by atoms with Crippen molar-refractivity contribution in [3.63, 3.8) is 0 Å². The van der Waals surface area contributed by atoms with Gasteiger partial charge < -0.3 is 9.47 Å². The average molecular weight is 412 g/mol. The molecule has 7 nitrogen and oxygen atoms in total. The van der Waals surface area contributed by atoms with Gasteiger partial charge in [-0.15, -0.1) is 0 Å². The predicted molar refractivity (Wildman–Crippen MR) is 111 cm³/mol. The Bertz CT molecular complexity index is 1070. The standard InChI is InChI=1S/C21H20N2O5S/c1-12-8-13(2)20-17(9-12)29-21(23-20)22-18(25)10-28-19(26)11-27-16-6-4-15(5-7-16)14(3)24/h4-9H,10-11H2,1-3H3,(H,22,23,25). The third-order valence-corrected chi connectivity index (χ3v) is 4.98. The summed E-state index contributed by atoms with van der Waals surface area (Å²) in [5.41, 5.74) is 3.56. The van der Waals surface area contributed by atoms with Crippen LogP contribution in [0.2, 0.25) is 0 Å². The molecule has 1 heterocycles. The molecule has 0 aliphatic carbocycles. The number of fused-ring (bicyclic) bond motifs is 1. The zero-order valence-corrected chi connectivity index (χ0v) is 17.1. The Hall–Kier alpha value is -3.26. The maximum atomic E-state index is 12.0. The van der Waals surface area contributed by atoms with Crippen LogP contribution in [0.3, 0.4) is 0 Å². The minimum Gasteiger partial charge on any atom is -0.482 e. The lowest BCUT2D eigenvalue weighted by Crippen LogP contribution is -2.23. The smallest absolute Gasteiger partial charge is 0.344 e. The summed E-state index contributed by atoms with van der Waals surface area (Å²) in [4.78, 5) is 39.4. The highest BCUT2D eigenvalue weighted by molar-refractivity contribution is 7.22. The first-order chi connectivity index (χ1) is 13.8. The van der Waals surface area contributed by atoms with Crippen molar-refractivity contribution in [1.82, 2.24) is 4.98 Å². The third kappa shape index (κ3) is 5.39. The first-order valence-corrected chi connectivity index (χ1v) is 9.70. The van der Waals surface area contributed by atoms with Gasteiger partial charge in [-0.2, -0.15) is 0 Å². The second-order valence-corrected chi connectivity index (χ2v) is 7.56. The Balaban J connectivity index is 1.47. The number of thiazole rings is 1. The summed E-state index contributed by atoms with van der Waals surface area (Å²) >= 11 is 1.37. The maximum absolute atomic E-state index is 12.0. The number of carbonyl (C=O) groups is 3. The summed E-state index contributed by atoms with van der Waals surface area (Å²) in [7, 11) is 0. The van der Waals surface area contributed by atoms with Crippen LogP contribution in [0.1, 0.15) is 28.4 Å². The summed E-state index contributed by atoms with van der Waals surface area (Å²) in [5, 5.41) is 3.10. The van der Waals surface area contributed by atoms with Crippen molar-refractivity contribution in [2.24, 2.45) is 0 Å². The molecular weight excluding hydrogens is 392 g/mol. The largest absolute Gasteiger partial charge is 0.482 e. The minimum atomic E-state index is -0.674. The van der Waals surface area contributed by atoms with Gasteiger partial charge in [0, 0.05) is 5.56 Å². The van der Waals surface area contributed by atoms with Crippen LogP contribution in [0, 0.1) is 13.8 Å². The Kier molecular flexibility index (Phi) is 6.23. The van der Waals surface area contributed by atoms with Gasteiger partial charge in [0.25, 0.3) is 5.91 Å². The Morgan fingerprint density at radius 2 is 1.79 bits per heavy atom. The number of aryl methyl sites for hydroxylation is 2. The fourth-order valence-electron chi connectivity index (χ4n) is 2.70. The fourth-order valence-corrected chi connectivity index (χ4v) is 3.75. The lowest BCUT2D eigenvalue weighted by atomic mass is 10.1. The zero-order chi connectivity index (χ0) is 21.0. The molecule has 29 heavy (non-hydrogen) atoms. The van der Waals surface area contributed by atoms with Crippen LogP contribution in [0.25, 0.3) is 10.2 Å². The van der Waals surface area contributed by atoms with Crippen molar-refractivity contribution in [2.45, 2.75) is 20.8 Å². The van der Waals surface area contributed by atoms with E-state index in [9.17, 15) is 14.4 Å². The number of hydrogen-bond acceptors (Lipinski definition) is 7. The normalized spacial score (nSPS) is 10.6. The molecule has 1 aromatic heterocycles. The van der Waals surface area contributed by atoms with E-state index >= 15 is 0 Å². The quantitative estimate of drug-likeness (QED) is 0.470. The van der Waals surface area contributed by atoms with Gasteiger partial charge in [0.15, 0.2) is 24.1 Å². The van der Waals surface area contributed by atoms with Crippen LogP contribution in [-0.2, 0) is 14.3 Å². The van der Waals surface area contributed by atoms with E-state index in [2.05, 4.69) is 10.3 Å². The molecule has 0 atom stereocenters. The number of anilines is 1. The maximum Gasteiger partial charge on any atom is 0.344 e. The molecule has 8 heteroatoms. The van der Waals surface area contributed by atoms with E-state index in [0.29, 0.717) is 16.4 Å². The van der Waals surface area contributed by atoms with Gasteiger partial charge in [-0.1, -0.05) is 17.4 Å². The van der Waals surface area contributed by atoms with Crippen LogP contribution in [0.15, 0.2) is 36.4 Å². The molecular formula is C21H20N2O5S. The average Bonchev–Trinajstić information content (AvgIpc) is 3.07. The molecule has 3 rings (SSSR count). The zero-order valence-electron chi connectivity index (χ0n) is 16.3. The number of benzene rings is 2. The highest BCUT2D eigenvalue weighted by atomic mass is 32.1. The van der Waals surface area contributed by atoms with Gasteiger partial charge in [-0.25, -0.2) is 9.78 Å². The first kappa shape index (κ1) is 20.5. The van der Waals surface area contributed by atoms with Gasteiger partial charge in [0.05, 0.1) is 10.2 Å². The van der Waals surface area contributed by atoms with Gasteiger partial charge in [0.1, 0.15) is 5.75 Å². The molecule has 1 amide bonds. The Morgan fingerprint density at radius 1 is 1.07 bits per heavy atom. The summed E-state index contributed by atoms with van der Waals surface area (Å²) in [6, 6.07) is 10.4. The highest BCUT2D eigenvalue weighted by Gasteiger charge is 2.12. The van der Waals surface area contributed by atoms with Crippen LogP contribution in [0.4, 0.5) is 5.13 Å². The third-order valence-electron chi connectivity index (χ3n) is 4.06. The van der Waals surface area contributed by atoms with Gasteiger partial charge in [0.2, 0.25) is 0 Å². The highest BCUT2D eigenvalue weighted by Crippen LogP contribution is 2.29. The lowest BCUT2D eigenvalue weighted by molar-refractivity contribution is -0.149. The second kappa shape index (κ2) is 8.83. The molecule has 0 saturated carbocycles. The number of Topliss-reactive ketones (excluding diaryl/α,β-unsaturated/α-hetero) is 1. The van der Waals surface area contributed by atoms with Crippen LogP contribution in [0.5, 0.6) is 5.75 Å². The van der Waals surface area contributed by atoms with Crippen molar-refractivity contribution in [3.05, 3.63) is 53.1 Å². The van der Waals surface area contributed by atoms with E-state index in [1.54, 1.807) is 24.3 Å². The number of rotatable bonds is 7. The summed E-state index contributed by atoms with van der Waals surface area (Å²) in [5.74, 6) is -0.777. The van der Waals surface area contributed by atoms with Crippen LogP contribution in [-0.4, -0.2) is 35.9 Å². The van der Waals surface area contributed by atoms with E-state index < -0.39 is 18.5 Å². The van der Waals surface area contributed by atoms with Crippen molar-refractivity contribution in [1.29, 1.82) is 0 Å². The Labute approximate surface area is 171 Å². The van der Waals surface area contributed by atoms with Crippen molar-refractivity contribution >= 4 is 44.3 Å². The number of nitrogens with zero attached hydrogens (tertiary/aromatic N) is 1. The number of aromatic nitrogens is 1. The second-order valence-electron chi connectivity index (χ2n) is 6.53. The van der Waals surface area contributed by atoms with E-state index in [0.717, 1.165) is 21.3 Å². The molecule has 150 valence electrons. The van der Waals surface area contributed by atoms with Gasteiger partial charge in [-0.3, -0.25) is 14.9 Å². The minimum absolute atomic E-state index is 0.0552. The number of ether oxygens (including phenoxy) is 2. The molecule has 0 radical (unpaired) electrons. The number of esters is 1. The number of carbonyl (C=O) groups excluding carboxylic acids is 3.